The van der Waals surface area contributed by atoms with E-state index >= 15 is 0 Å². The molecule has 0 bridgehead atoms. The Bertz CT molecular complexity index is 567. The van der Waals surface area contributed by atoms with Crippen molar-refractivity contribution in [3.63, 3.8) is 0 Å². The summed E-state index contributed by atoms with van der Waals surface area (Å²) < 4.78 is 5.50. The third kappa shape index (κ3) is 3.01. The van der Waals surface area contributed by atoms with Gasteiger partial charge in [0, 0.05) is 29.3 Å². The van der Waals surface area contributed by atoms with Crippen LogP contribution >= 0.6 is 0 Å². The van der Waals surface area contributed by atoms with Crippen molar-refractivity contribution in [2.45, 2.75) is 51.4 Å². The van der Waals surface area contributed by atoms with Crippen LogP contribution in [-0.4, -0.2) is 11.6 Å². The van der Waals surface area contributed by atoms with Crippen molar-refractivity contribution in [2.75, 3.05) is 6.61 Å². The molecule has 1 aliphatic carbocycles. The number of para-hydroxylation sites is 1. The monoisotopic (exact) mass is 295 g/mol. The van der Waals surface area contributed by atoms with Gasteiger partial charge >= 0.3 is 0 Å². The summed E-state index contributed by atoms with van der Waals surface area (Å²) in [5, 5.41) is 0. The Morgan fingerprint density at radius 1 is 1.05 bits per heavy atom. The zero-order valence-corrected chi connectivity index (χ0v) is 13.6. The van der Waals surface area contributed by atoms with E-state index in [4.69, 9.17) is 4.74 Å². The van der Waals surface area contributed by atoms with Crippen molar-refractivity contribution in [3.05, 3.63) is 59.4 Å². The first kappa shape index (κ1) is 15.1. The normalized spacial score (nSPS) is 21.4. The first-order chi connectivity index (χ1) is 10.8. The topological polar surface area (TPSA) is 22.1 Å². The van der Waals surface area contributed by atoms with Gasteiger partial charge in [-0.05, 0) is 43.4 Å². The summed E-state index contributed by atoms with van der Waals surface area (Å²) in [6.07, 6.45) is 6.87. The highest BCUT2D eigenvalue weighted by atomic mass is 16.5. The Hall–Kier alpha value is -1.83. The summed E-state index contributed by atoms with van der Waals surface area (Å²) in [7, 11) is 0. The summed E-state index contributed by atoms with van der Waals surface area (Å²) >= 11 is 0. The zero-order chi connectivity index (χ0) is 15.4. The molecule has 2 nitrogen and oxygen atoms in total. The Morgan fingerprint density at radius 2 is 1.86 bits per heavy atom. The summed E-state index contributed by atoms with van der Waals surface area (Å²) in [6, 6.07) is 12.6. The molecule has 4 rings (SSSR count). The van der Waals surface area contributed by atoms with Gasteiger partial charge in [0.15, 0.2) is 0 Å². The van der Waals surface area contributed by atoms with Gasteiger partial charge in [-0.3, -0.25) is 4.98 Å². The second-order valence-corrected chi connectivity index (χ2v) is 6.15. The zero-order valence-electron chi connectivity index (χ0n) is 13.6. The molecular formula is C20H25NO. The molecule has 2 aliphatic rings. The number of fused-ring (bicyclic) bond motifs is 2. The molecule has 0 saturated heterocycles. The fourth-order valence-corrected chi connectivity index (χ4v) is 3.46. The summed E-state index contributed by atoms with van der Waals surface area (Å²) in [5.41, 5.74) is 4.21. The molecule has 0 saturated carbocycles. The van der Waals surface area contributed by atoms with Gasteiger partial charge in [0.2, 0.25) is 0 Å². The van der Waals surface area contributed by atoms with Crippen LogP contribution in [0, 0.1) is 0 Å². The second kappa shape index (κ2) is 6.95. The van der Waals surface area contributed by atoms with E-state index in [0.717, 1.165) is 18.3 Å². The van der Waals surface area contributed by atoms with Gasteiger partial charge in [0.1, 0.15) is 5.75 Å². The average molecular weight is 295 g/mol. The van der Waals surface area contributed by atoms with E-state index in [2.05, 4.69) is 37.0 Å². The fourth-order valence-electron chi connectivity index (χ4n) is 3.46. The van der Waals surface area contributed by atoms with Crippen LogP contribution in [0.3, 0.4) is 0 Å². The van der Waals surface area contributed by atoms with Crippen LogP contribution in [0.25, 0.3) is 0 Å². The lowest BCUT2D eigenvalue weighted by molar-refractivity contribution is 0.328. The number of hydrogen-bond acceptors (Lipinski definition) is 2. The lowest BCUT2D eigenvalue weighted by atomic mass is 9.99. The summed E-state index contributed by atoms with van der Waals surface area (Å²) in [5.74, 6) is 2.46. The van der Waals surface area contributed by atoms with E-state index in [1.54, 1.807) is 0 Å². The van der Waals surface area contributed by atoms with Crippen molar-refractivity contribution in [1.29, 1.82) is 0 Å². The van der Waals surface area contributed by atoms with Gasteiger partial charge < -0.3 is 4.74 Å². The van der Waals surface area contributed by atoms with E-state index in [-0.39, 0.29) is 0 Å². The highest BCUT2D eigenvalue weighted by Gasteiger charge is 2.21. The van der Waals surface area contributed by atoms with Crippen LogP contribution in [0.15, 0.2) is 42.6 Å². The molecule has 2 heteroatoms. The van der Waals surface area contributed by atoms with Gasteiger partial charge in [-0.1, -0.05) is 38.1 Å². The molecule has 22 heavy (non-hydrogen) atoms. The minimum absolute atomic E-state index is 0.631. The van der Waals surface area contributed by atoms with Crippen LogP contribution in [0.2, 0.25) is 0 Å². The lowest BCUT2D eigenvalue weighted by Crippen LogP contribution is -1.97. The summed E-state index contributed by atoms with van der Waals surface area (Å²) in [6.45, 7) is 5.32. The van der Waals surface area contributed by atoms with E-state index in [9.17, 15) is 0 Å². The number of rotatable bonds is 2. The number of aryl methyl sites for hydroxylation is 1. The smallest absolute Gasteiger partial charge is 0.122 e. The van der Waals surface area contributed by atoms with E-state index in [0.29, 0.717) is 5.92 Å². The Labute approximate surface area is 133 Å². The molecule has 0 radical (unpaired) electrons. The maximum atomic E-state index is 5.50. The first-order valence-corrected chi connectivity index (χ1v) is 8.49. The third-order valence-corrected chi connectivity index (χ3v) is 4.86. The Balaban J connectivity index is 0.000000131. The number of pyridine rings is 1. The van der Waals surface area contributed by atoms with Crippen LogP contribution in [0.5, 0.6) is 5.75 Å². The van der Waals surface area contributed by atoms with Crippen molar-refractivity contribution in [1.82, 2.24) is 4.98 Å². The molecule has 2 aromatic rings. The van der Waals surface area contributed by atoms with Gasteiger partial charge in [-0.15, -0.1) is 0 Å². The fraction of sp³-hybridized carbons (Fsp3) is 0.450. The standard InChI is InChI=1S/C10H13N.C10H12O/c1-2-8-5-6-9-4-3-7-11-10(8)9;1-2-8-7-11-10-6-4-3-5-9(8)10/h3-4,7-8H,2,5-6H2,1H3;3-6,8H,2,7H2,1H3. The molecule has 2 atom stereocenters. The van der Waals surface area contributed by atoms with E-state index < -0.39 is 0 Å². The second-order valence-electron chi connectivity index (χ2n) is 6.15. The molecule has 0 N–H and O–H groups in total. The first-order valence-electron chi connectivity index (χ1n) is 8.49. The molecule has 0 spiro atoms. The maximum absolute atomic E-state index is 5.50. The van der Waals surface area contributed by atoms with Gasteiger partial charge in [-0.25, -0.2) is 0 Å². The number of nitrogens with zero attached hydrogens (tertiary/aromatic N) is 1. The predicted octanol–water partition coefficient (Wildman–Crippen LogP) is 5.09. The quantitative estimate of drug-likeness (QED) is 0.769. The number of benzene rings is 1. The Morgan fingerprint density at radius 3 is 2.68 bits per heavy atom. The Kier molecular flexibility index (Phi) is 4.77. The molecule has 1 aromatic carbocycles. The minimum Gasteiger partial charge on any atom is -0.493 e. The largest absolute Gasteiger partial charge is 0.493 e. The number of ether oxygens (including phenoxy) is 1. The molecule has 0 fully saturated rings. The molecule has 1 aliphatic heterocycles. The highest BCUT2D eigenvalue weighted by molar-refractivity contribution is 5.39. The number of aromatic nitrogens is 1. The highest BCUT2D eigenvalue weighted by Crippen LogP contribution is 2.35. The predicted molar refractivity (Wildman–Crippen MR) is 90.6 cm³/mol. The summed E-state index contributed by atoms with van der Waals surface area (Å²) in [4.78, 5) is 4.41. The van der Waals surface area contributed by atoms with Crippen molar-refractivity contribution < 1.29 is 4.74 Å². The molecule has 0 amide bonds. The van der Waals surface area contributed by atoms with Gasteiger partial charge in [-0.2, -0.15) is 0 Å². The number of hydrogen-bond donors (Lipinski definition) is 0. The van der Waals surface area contributed by atoms with E-state index in [1.165, 1.54) is 42.5 Å². The van der Waals surface area contributed by atoms with E-state index in [1.807, 2.05) is 24.4 Å². The molecule has 2 unspecified atom stereocenters. The molecular weight excluding hydrogens is 270 g/mol. The SMILES string of the molecule is CCC1CCc2cccnc21.CCC1COc2ccccc21. The van der Waals surface area contributed by atoms with Crippen molar-refractivity contribution >= 4 is 0 Å². The molecule has 1 aromatic heterocycles. The minimum atomic E-state index is 0.631. The van der Waals surface area contributed by atoms with Crippen LogP contribution < -0.4 is 4.74 Å². The van der Waals surface area contributed by atoms with Crippen molar-refractivity contribution in [2.24, 2.45) is 0 Å². The third-order valence-electron chi connectivity index (χ3n) is 4.86. The maximum Gasteiger partial charge on any atom is 0.122 e. The average Bonchev–Trinajstić information content (AvgIpc) is 3.19. The van der Waals surface area contributed by atoms with Crippen LogP contribution in [0.1, 0.15) is 61.8 Å². The van der Waals surface area contributed by atoms with Crippen LogP contribution in [-0.2, 0) is 6.42 Å². The van der Waals surface area contributed by atoms with Crippen molar-refractivity contribution in [3.8, 4) is 5.75 Å². The van der Waals surface area contributed by atoms with Gasteiger partial charge in [0.25, 0.3) is 0 Å². The lowest BCUT2D eigenvalue weighted by Gasteiger charge is -2.04. The van der Waals surface area contributed by atoms with Gasteiger partial charge in [0.05, 0.1) is 6.61 Å². The molecule has 116 valence electrons. The molecule has 2 heterocycles. The van der Waals surface area contributed by atoms with Crippen LogP contribution in [0.4, 0.5) is 0 Å².